The Kier molecular flexibility index (Phi) is 16.2. The Morgan fingerprint density at radius 2 is 1.79 bits per heavy atom. The molecule has 1 unspecified atom stereocenters. The molecule has 142 valence electrons. The number of nitrogens with two attached hydrogens (primary N) is 1. The fraction of sp³-hybridized carbons (Fsp3) is 0.875. The number of aliphatic imine (C=N–C) groups is 1. The lowest BCUT2D eigenvalue weighted by atomic mass is 10.1. The number of hydrogen-bond donors (Lipinski definition) is 5. The number of amides is 1. The van der Waals surface area contributed by atoms with E-state index < -0.39 is 6.04 Å². The quantitative estimate of drug-likeness (QED) is 0.173. The van der Waals surface area contributed by atoms with Gasteiger partial charge in [0.05, 0.1) is 6.04 Å². The van der Waals surface area contributed by atoms with Crippen LogP contribution in [0.25, 0.3) is 0 Å². The molecule has 6 N–H and O–H groups in total. The molecular weight excluding hydrogens is 326 g/mol. The molecule has 0 aromatic heterocycles. The molecule has 0 heterocycles. The highest BCUT2D eigenvalue weighted by Gasteiger charge is 2.12. The van der Waals surface area contributed by atoms with Gasteiger partial charge in [-0.2, -0.15) is 11.8 Å². The van der Waals surface area contributed by atoms with Gasteiger partial charge >= 0.3 is 0 Å². The molecule has 0 aromatic carbocycles. The Labute approximate surface area is 150 Å². The van der Waals surface area contributed by atoms with Gasteiger partial charge in [-0.05, 0) is 50.0 Å². The van der Waals surface area contributed by atoms with Gasteiger partial charge in [0.15, 0.2) is 5.96 Å². The molecule has 0 bridgehead atoms. The second kappa shape index (κ2) is 16.9. The fourth-order valence-corrected chi connectivity index (χ4v) is 3.05. The van der Waals surface area contributed by atoms with E-state index in [1.54, 1.807) is 7.05 Å². The molecule has 0 saturated carbocycles. The summed E-state index contributed by atoms with van der Waals surface area (Å²) in [6.07, 6.45) is 5.50. The van der Waals surface area contributed by atoms with E-state index in [4.69, 9.17) is 10.8 Å². The minimum Gasteiger partial charge on any atom is -0.396 e. The van der Waals surface area contributed by atoms with Crippen molar-refractivity contribution in [2.24, 2.45) is 10.7 Å². The van der Waals surface area contributed by atoms with Crippen LogP contribution in [-0.4, -0.2) is 68.3 Å². The average molecular weight is 362 g/mol. The molecule has 0 aliphatic heterocycles. The number of unbranched alkanes of at least 4 members (excludes halogenated alkanes) is 2. The van der Waals surface area contributed by atoms with E-state index >= 15 is 0 Å². The number of carbonyl (C=O) groups is 1. The molecule has 7 nitrogen and oxygen atoms in total. The van der Waals surface area contributed by atoms with E-state index in [9.17, 15) is 4.79 Å². The van der Waals surface area contributed by atoms with Gasteiger partial charge in [-0.3, -0.25) is 9.79 Å². The lowest BCUT2D eigenvalue weighted by molar-refractivity contribution is -0.122. The van der Waals surface area contributed by atoms with Crippen LogP contribution in [0, 0.1) is 0 Å². The fourth-order valence-electron chi connectivity index (χ4n) is 2.03. The largest absolute Gasteiger partial charge is 0.396 e. The average Bonchev–Trinajstić information content (AvgIpc) is 2.60. The number of aliphatic hydroxyl groups excluding tert-OH is 1. The zero-order valence-electron chi connectivity index (χ0n) is 15.1. The SMILES string of the molecule is CN=C(NC)NCCCC(N)C(=O)NCCCCSCCCCO. The summed E-state index contributed by atoms with van der Waals surface area (Å²) >= 11 is 1.91. The second-order valence-corrected chi connectivity index (χ2v) is 6.76. The van der Waals surface area contributed by atoms with E-state index in [1.807, 2.05) is 18.8 Å². The van der Waals surface area contributed by atoms with Crippen LogP contribution in [-0.2, 0) is 4.79 Å². The molecule has 0 aliphatic carbocycles. The highest BCUT2D eigenvalue weighted by molar-refractivity contribution is 7.99. The van der Waals surface area contributed by atoms with Crippen LogP contribution in [0.15, 0.2) is 4.99 Å². The van der Waals surface area contributed by atoms with Crippen LogP contribution in [0.1, 0.15) is 38.5 Å². The molecule has 8 heteroatoms. The van der Waals surface area contributed by atoms with Gasteiger partial charge in [0.1, 0.15) is 0 Å². The molecular formula is C16H35N5O2S. The van der Waals surface area contributed by atoms with Gasteiger partial charge in [0.2, 0.25) is 5.91 Å². The normalized spacial score (nSPS) is 12.8. The van der Waals surface area contributed by atoms with Crippen LogP contribution in [0.2, 0.25) is 0 Å². The molecule has 0 spiro atoms. The van der Waals surface area contributed by atoms with Crippen LogP contribution < -0.4 is 21.7 Å². The summed E-state index contributed by atoms with van der Waals surface area (Å²) in [5.74, 6) is 2.88. The third-order valence-electron chi connectivity index (χ3n) is 3.49. The van der Waals surface area contributed by atoms with Crippen LogP contribution in [0.3, 0.4) is 0 Å². The van der Waals surface area contributed by atoms with E-state index in [0.29, 0.717) is 13.0 Å². The molecule has 0 rings (SSSR count). The summed E-state index contributed by atoms with van der Waals surface area (Å²) in [6, 6.07) is -0.448. The van der Waals surface area contributed by atoms with Gasteiger partial charge in [-0.15, -0.1) is 0 Å². The number of nitrogens with one attached hydrogen (secondary N) is 3. The lowest BCUT2D eigenvalue weighted by Crippen LogP contribution is -2.42. The van der Waals surface area contributed by atoms with Crippen molar-refractivity contribution in [1.29, 1.82) is 0 Å². The maximum absolute atomic E-state index is 11.9. The minimum absolute atomic E-state index is 0.0661. The second-order valence-electron chi connectivity index (χ2n) is 5.54. The number of guanidine groups is 1. The van der Waals surface area contributed by atoms with E-state index in [-0.39, 0.29) is 12.5 Å². The predicted octanol–water partition coefficient (Wildman–Crippen LogP) is 0.291. The van der Waals surface area contributed by atoms with E-state index in [2.05, 4.69) is 20.9 Å². The first-order valence-electron chi connectivity index (χ1n) is 8.76. The maximum Gasteiger partial charge on any atom is 0.236 e. The number of rotatable bonds is 14. The van der Waals surface area contributed by atoms with Gasteiger partial charge in [0, 0.05) is 33.8 Å². The Hall–Kier alpha value is -0.990. The Balaban J connectivity index is 3.49. The zero-order valence-corrected chi connectivity index (χ0v) is 16.0. The summed E-state index contributed by atoms with van der Waals surface area (Å²) in [4.78, 5) is 15.9. The van der Waals surface area contributed by atoms with E-state index in [0.717, 1.165) is 56.1 Å². The molecule has 0 radical (unpaired) electrons. The molecule has 0 aliphatic rings. The Morgan fingerprint density at radius 3 is 2.42 bits per heavy atom. The number of nitrogens with zero attached hydrogens (tertiary/aromatic N) is 1. The highest BCUT2D eigenvalue weighted by Crippen LogP contribution is 2.07. The van der Waals surface area contributed by atoms with Crippen LogP contribution >= 0.6 is 11.8 Å². The van der Waals surface area contributed by atoms with Gasteiger partial charge in [0.25, 0.3) is 0 Å². The van der Waals surface area contributed by atoms with Crippen molar-refractivity contribution in [3.63, 3.8) is 0 Å². The van der Waals surface area contributed by atoms with Crippen LogP contribution in [0.5, 0.6) is 0 Å². The third-order valence-corrected chi connectivity index (χ3v) is 4.65. The van der Waals surface area contributed by atoms with Crippen molar-refractivity contribution in [3.05, 3.63) is 0 Å². The highest BCUT2D eigenvalue weighted by atomic mass is 32.2. The summed E-state index contributed by atoms with van der Waals surface area (Å²) in [6.45, 7) is 1.71. The van der Waals surface area contributed by atoms with E-state index in [1.165, 1.54) is 0 Å². The first-order valence-corrected chi connectivity index (χ1v) is 9.91. The summed E-state index contributed by atoms with van der Waals surface area (Å²) in [7, 11) is 3.52. The number of aliphatic hydroxyl groups is 1. The first-order chi connectivity index (χ1) is 11.7. The molecule has 0 fully saturated rings. The topological polar surface area (TPSA) is 112 Å². The van der Waals surface area contributed by atoms with Crippen molar-refractivity contribution in [3.8, 4) is 0 Å². The number of carbonyl (C=O) groups excluding carboxylic acids is 1. The molecule has 0 aromatic rings. The molecule has 0 saturated heterocycles. The predicted molar refractivity (Wildman–Crippen MR) is 104 cm³/mol. The van der Waals surface area contributed by atoms with Crippen molar-refractivity contribution < 1.29 is 9.90 Å². The molecule has 24 heavy (non-hydrogen) atoms. The number of thioether (sulfide) groups is 1. The smallest absolute Gasteiger partial charge is 0.236 e. The molecule has 1 amide bonds. The zero-order chi connectivity index (χ0) is 18.0. The summed E-state index contributed by atoms with van der Waals surface area (Å²) in [5, 5.41) is 17.7. The molecule has 1 atom stereocenters. The third kappa shape index (κ3) is 13.4. The lowest BCUT2D eigenvalue weighted by Gasteiger charge is -2.13. The minimum atomic E-state index is -0.448. The summed E-state index contributed by atoms with van der Waals surface area (Å²) in [5.41, 5.74) is 5.90. The monoisotopic (exact) mass is 361 g/mol. The van der Waals surface area contributed by atoms with Crippen molar-refractivity contribution in [2.45, 2.75) is 44.6 Å². The number of hydrogen-bond acceptors (Lipinski definition) is 5. The van der Waals surface area contributed by atoms with Crippen molar-refractivity contribution >= 4 is 23.6 Å². The van der Waals surface area contributed by atoms with Gasteiger partial charge in [-0.1, -0.05) is 0 Å². The Morgan fingerprint density at radius 1 is 1.12 bits per heavy atom. The van der Waals surface area contributed by atoms with Crippen molar-refractivity contribution in [1.82, 2.24) is 16.0 Å². The van der Waals surface area contributed by atoms with Crippen molar-refractivity contribution in [2.75, 3.05) is 45.3 Å². The van der Waals surface area contributed by atoms with Crippen LogP contribution in [0.4, 0.5) is 0 Å². The standard InChI is InChI=1S/C16H35N5O2S/c1-18-16(19-2)21-10-7-8-14(17)15(23)20-9-3-5-12-24-13-6-4-11-22/h14,22H,3-13,17H2,1-2H3,(H,20,23)(H2,18,19,21). The van der Waals surface area contributed by atoms with Gasteiger partial charge < -0.3 is 26.8 Å². The maximum atomic E-state index is 11.9. The van der Waals surface area contributed by atoms with Gasteiger partial charge in [-0.25, -0.2) is 0 Å². The summed E-state index contributed by atoms with van der Waals surface area (Å²) < 4.78 is 0. The Bertz CT molecular complexity index is 342. The first kappa shape index (κ1) is 23.0.